The lowest BCUT2D eigenvalue weighted by Gasteiger charge is -2.57. The van der Waals surface area contributed by atoms with E-state index in [1.807, 2.05) is 0 Å². The van der Waals surface area contributed by atoms with Crippen LogP contribution in [-0.4, -0.2) is 13.1 Å². The quantitative estimate of drug-likeness (QED) is 0.759. The molecule has 2 aliphatic heterocycles. The highest BCUT2D eigenvalue weighted by atomic mass is 14.8. The number of aryl methyl sites for hydroxylation is 1. The van der Waals surface area contributed by atoms with Crippen LogP contribution < -0.4 is 10.7 Å². The summed E-state index contributed by atoms with van der Waals surface area (Å²) in [6, 6.07) is 2.63. The molecule has 1 aromatic carbocycles. The Kier molecular flexibility index (Phi) is 2.88. The molecule has 0 N–H and O–H groups in total. The van der Waals surface area contributed by atoms with Crippen LogP contribution in [0.4, 0.5) is 0 Å². The molecule has 0 spiro atoms. The number of fused-ring (bicyclic) bond motifs is 3. The van der Waals surface area contributed by atoms with Gasteiger partial charge in [-0.05, 0) is 104 Å². The molecule has 2 nitrogen and oxygen atoms in total. The van der Waals surface area contributed by atoms with E-state index in [9.17, 15) is 0 Å². The van der Waals surface area contributed by atoms with Gasteiger partial charge in [-0.2, -0.15) is 0 Å². The Morgan fingerprint density at radius 3 is 2.12 bits per heavy atom. The Bertz CT molecular complexity index is 784. The van der Waals surface area contributed by atoms with Crippen molar-refractivity contribution in [1.29, 1.82) is 0 Å². The molecule has 0 atom stereocenters. The normalized spacial score (nSPS) is 38.9. The molecule has 4 fully saturated rings. The predicted octanol–water partition coefficient (Wildman–Crippen LogP) is 3.29. The summed E-state index contributed by atoms with van der Waals surface area (Å²) in [6.07, 6.45) is 14.0. The van der Waals surface area contributed by atoms with Crippen LogP contribution in [0, 0.1) is 17.8 Å². The molecule has 0 saturated heterocycles. The third kappa shape index (κ3) is 1.89. The average molecular weight is 320 g/mol. The van der Waals surface area contributed by atoms with Gasteiger partial charge in [-0.15, -0.1) is 0 Å². The van der Waals surface area contributed by atoms with E-state index in [2.05, 4.69) is 6.07 Å². The van der Waals surface area contributed by atoms with Crippen molar-refractivity contribution in [1.82, 2.24) is 0 Å². The fourth-order valence-electron chi connectivity index (χ4n) is 7.36. The van der Waals surface area contributed by atoms with Crippen molar-refractivity contribution in [2.75, 3.05) is 13.1 Å². The highest BCUT2D eigenvalue weighted by molar-refractivity contribution is 5.41. The van der Waals surface area contributed by atoms with Crippen molar-refractivity contribution in [3.63, 3.8) is 0 Å². The molecule has 0 radical (unpaired) electrons. The first-order valence-electron chi connectivity index (χ1n) is 10.3. The molecule has 126 valence electrons. The Morgan fingerprint density at radius 1 is 0.792 bits per heavy atom. The minimum absolute atomic E-state index is 0.512. The molecule has 1 aromatic rings. The van der Waals surface area contributed by atoms with Crippen LogP contribution in [0.3, 0.4) is 0 Å². The molecule has 0 unspecified atom stereocenters. The Hall–Kier alpha value is -1.18. The second kappa shape index (κ2) is 4.93. The summed E-state index contributed by atoms with van der Waals surface area (Å²) in [4.78, 5) is 9.90. The largest absolute Gasteiger partial charge is 0.283 e. The van der Waals surface area contributed by atoms with Crippen LogP contribution >= 0.6 is 0 Å². The van der Waals surface area contributed by atoms with Gasteiger partial charge < -0.3 is 0 Å². The standard InChI is InChI=1S/C22H28N2/c1-3-17-10-19(18-4-2-6-24-21(18)20(17)23-5-1)22-11-14-7-15(12-22)9-16(8-14)13-22/h10,14-16H,1-9,11-13H2. The minimum Gasteiger partial charge on any atom is -0.283 e. The monoisotopic (exact) mass is 320 g/mol. The van der Waals surface area contributed by atoms with E-state index in [-0.39, 0.29) is 0 Å². The molecule has 2 heterocycles. The van der Waals surface area contributed by atoms with Gasteiger partial charge in [0.1, 0.15) is 0 Å². The van der Waals surface area contributed by atoms with Crippen molar-refractivity contribution in [2.24, 2.45) is 27.7 Å². The topological polar surface area (TPSA) is 24.7 Å². The zero-order valence-electron chi connectivity index (χ0n) is 14.7. The second-order valence-corrected chi connectivity index (χ2v) is 9.43. The average Bonchev–Trinajstić information content (AvgIpc) is 2.60. The molecule has 4 bridgehead atoms. The maximum absolute atomic E-state index is 5.00. The second-order valence-electron chi connectivity index (χ2n) is 9.43. The third-order valence-corrected chi connectivity index (χ3v) is 7.80. The first-order valence-corrected chi connectivity index (χ1v) is 10.3. The van der Waals surface area contributed by atoms with Gasteiger partial charge in [-0.1, -0.05) is 6.07 Å². The van der Waals surface area contributed by atoms with Gasteiger partial charge in [0.25, 0.3) is 0 Å². The zero-order valence-corrected chi connectivity index (χ0v) is 14.7. The van der Waals surface area contributed by atoms with Crippen LogP contribution in [0.1, 0.15) is 68.1 Å². The first kappa shape index (κ1) is 14.0. The van der Waals surface area contributed by atoms with Gasteiger partial charge in [0.15, 0.2) is 0 Å². The summed E-state index contributed by atoms with van der Waals surface area (Å²) in [7, 11) is 0. The number of hydrogen-bond acceptors (Lipinski definition) is 2. The van der Waals surface area contributed by atoms with Gasteiger partial charge >= 0.3 is 0 Å². The molecule has 2 heteroatoms. The fourth-order valence-corrected chi connectivity index (χ4v) is 7.36. The number of nitrogens with zero attached hydrogens (tertiary/aromatic N) is 2. The Balaban J connectivity index is 1.60. The van der Waals surface area contributed by atoms with Crippen LogP contribution in [0.2, 0.25) is 0 Å². The lowest BCUT2D eigenvalue weighted by atomic mass is 9.47. The van der Waals surface area contributed by atoms with Gasteiger partial charge in [-0.25, -0.2) is 0 Å². The molecule has 6 aliphatic rings. The van der Waals surface area contributed by atoms with Crippen LogP contribution in [0.25, 0.3) is 0 Å². The van der Waals surface area contributed by atoms with E-state index in [1.165, 1.54) is 80.5 Å². The lowest BCUT2D eigenvalue weighted by molar-refractivity contribution is -0.00572. The predicted molar refractivity (Wildman–Crippen MR) is 95.0 cm³/mol. The molecule has 4 aliphatic carbocycles. The zero-order chi connectivity index (χ0) is 15.7. The molecule has 24 heavy (non-hydrogen) atoms. The van der Waals surface area contributed by atoms with E-state index in [1.54, 1.807) is 11.1 Å². The summed E-state index contributed by atoms with van der Waals surface area (Å²) >= 11 is 0. The van der Waals surface area contributed by atoms with E-state index < -0.39 is 0 Å². The highest BCUT2D eigenvalue weighted by Gasteiger charge is 2.52. The van der Waals surface area contributed by atoms with Gasteiger partial charge in [-0.3, -0.25) is 9.98 Å². The van der Waals surface area contributed by atoms with Crippen LogP contribution in [0.15, 0.2) is 16.1 Å². The number of benzene rings is 1. The Labute approximate surface area is 144 Å². The van der Waals surface area contributed by atoms with Gasteiger partial charge in [0, 0.05) is 13.1 Å². The highest BCUT2D eigenvalue weighted by Crippen LogP contribution is 2.61. The van der Waals surface area contributed by atoms with Crippen LogP contribution in [-0.2, 0) is 18.3 Å². The summed E-state index contributed by atoms with van der Waals surface area (Å²) in [6.45, 7) is 2.02. The number of hydrogen-bond donors (Lipinski definition) is 0. The van der Waals surface area contributed by atoms with E-state index in [0.29, 0.717) is 5.41 Å². The molecule has 0 aromatic heterocycles. The van der Waals surface area contributed by atoms with Crippen molar-refractivity contribution < 1.29 is 0 Å². The van der Waals surface area contributed by atoms with Crippen molar-refractivity contribution in [3.05, 3.63) is 33.5 Å². The minimum atomic E-state index is 0.512. The van der Waals surface area contributed by atoms with E-state index >= 15 is 0 Å². The van der Waals surface area contributed by atoms with Crippen molar-refractivity contribution in [3.8, 4) is 0 Å². The smallest absolute Gasteiger partial charge is 0.0864 e. The molecular formula is C22H28N2. The maximum atomic E-state index is 5.00. The Morgan fingerprint density at radius 2 is 1.42 bits per heavy atom. The van der Waals surface area contributed by atoms with Crippen molar-refractivity contribution in [2.45, 2.75) is 69.6 Å². The summed E-state index contributed by atoms with van der Waals surface area (Å²) in [5, 5.41) is 2.61. The SMILES string of the molecule is c1c(C23CC4CC(CC(C4)C2)C3)c2c(c3c1CCCN=3)=NCCC2. The molecular weight excluding hydrogens is 292 g/mol. The van der Waals surface area contributed by atoms with Crippen LogP contribution in [0.5, 0.6) is 0 Å². The van der Waals surface area contributed by atoms with Gasteiger partial charge in [0.2, 0.25) is 0 Å². The maximum Gasteiger partial charge on any atom is 0.0864 e. The summed E-state index contributed by atoms with van der Waals surface area (Å²) < 4.78 is 0. The van der Waals surface area contributed by atoms with E-state index in [0.717, 1.165) is 30.8 Å². The summed E-state index contributed by atoms with van der Waals surface area (Å²) in [5.41, 5.74) is 5.40. The number of rotatable bonds is 1. The van der Waals surface area contributed by atoms with Gasteiger partial charge in [0.05, 0.1) is 10.7 Å². The fraction of sp³-hybridized carbons (Fsp3) is 0.727. The lowest BCUT2D eigenvalue weighted by Crippen LogP contribution is -2.50. The third-order valence-electron chi connectivity index (χ3n) is 7.80. The molecule has 7 rings (SSSR count). The first-order chi connectivity index (χ1) is 11.8. The van der Waals surface area contributed by atoms with Crippen molar-refractivity contribution >= 4 is 0 Å². The summed E-state index contributed by atoms with van der Waals surface area (Å²) in [5.74, 6) is 3.06. The van der Waals surface area contributed by atoms with E-state index in [4.69, 9.17) is 9.98 Å². The molecule has 4 saturated carbocycles. The molecule has 0 amide bonds.